The largest absolute Gasteiger partial charge is 0.256 e. The summed E-state index contributed by atoms with van der Waals surface area (Å²) in [5.41, 5.74) is 8.46. The fourth-order valence-corrected chi connectivity index (χ4v) is 7.81. The maximum absolute atomic E-state index is 4.77. The molecule has 9 aromatic carbocycles. The molecule has 0 saturated heterocycles. The molecular weight excluding hydrogens is 579 g/mol. The maximum Gasteiger partial charge on any atom is 0.0780 e. The van der Waals surface area contributed by atoms with E-state index >= 15 is 0 Å². The van der Waals surface area contributed by atoms with Crippen LogP contribution in [0.25, 0.3) is 98.1 Å². The lowest BCUT2D eigenvalue weighted by Crippen LogP contribution is -1.92. The topological polar surface area (TPSA) is 12.9 Å². The van der Waals surface area contributed by atoms with Gasteiger partial charge >= 0.3 is 0 Å². The molecule has 0 spiro atoms. The van der Waals surface area contributed by atoms with Gasteiger partial charge in [-0.25, -0.2) is 0 Å². The van der Waals surface area contributed by atoms with E-state index in [1.54, 1.807) is 0 Å². The first kappa shape index (κ1) is 26.9. The number of benzene rings is 9. The van der Waals surface area contributed by atoms with Crippen LogP contribution in [-0.2, 0) is 0 Å². The Morgan fingerprint density at radius 2 is 0.812 bits per heavy atom. The first-order valence-electron chi connectivity index (χ1n) is 16.5. The molecule has 1 heteroatoms. The predicted molar refractivity (Wildman–Crippen MR) is 206 cm³/mol. The molecule has 0 fully saturated rings. The van der Waals surface area contributed by atoms with Gasteiger partial charge in [-0.15, -0.1) is 0 Å². The van der Waals surface area contributed by atoms with E-state index in [9.17, 15) is 0 Å². The smallest absolute Gasteiger partial charge is 0.0780 e. The Balaban J connectivity index is 1.32. The number of pyridine rings is 1. The van der Waals surface area contributed by atoms with E-state index in [1.807, 2.05) is 12.3 Å². The summed E-state index contributed by atoms with van der Waals surface area (Å²) in [6, 6.07) is 62.3. The third-order valence-electron chi connectivity index (χ3n) is 10.0. The normalized spacial score (nSPS) is 11.8. The third kappa shape index (κ3) is 4.15. The van der Waals surface area contributed by atoms with Crippen LogP contribution in [0.15, 0.2) is 176 Å². The second-order valence-electron chi connectivity index (χ2n) is 12.7. The zero-order valence-electron chi connectivity index (χ0n) is 26.2. The van der Waals surface area contributed by atoms with Gasteiger partial charge in [-0.05, 0) is 106 Å². The molecule has 0 aliphatic carbocycles. The number of rotatable bonds is 3. The molecule has 0 bridgehead atoms. The Labute approximate surface area is 278 Å². The van der Waals surface area contributed by atoms with Gasteiger partial charge in [0.15, 0.2) is 0 Å². The van der Waals surface area contributed by atoms with Crippen molar-refractivity contribution in [3.8, 4) is 33.4 Å². The highest BCUT2D eigenvalue weighted by atomic mass is 14.6. The molecule has 0 unspecified atom stereocenters. The van der Waals surface area contributed by atoms with Crippen molar-refractivity contribution >= 4 is 64.8 Å². The van der Waals surface area contributed by atoms with Crippen molar-refractivity contribution in [1.82, 2.24) is 4.98 Å². The minimum atomic E-state index is 1.04. The summed E-state index contributed by atoms with van der Waals surface area (Å²) in [5.74, 6) is 0. The van der Waals surface area contributed by atoms with Crippen molar-refractivity contribution in [2.45, 2.75) is 0 Å². The highest BCUT2D eigenvalue weighted by Gasteiger charge is 2.19. The van der Waals surface area contributed by atoms with E-state index in [-0.39, 0.29) is 0 Å². The molecule has 48 heavy (non-hydrogen) atoms. The zero-order chi connectivity index (χ0) is 31.6. The van der Waals surface area contributed by atoms with Crippen LogP contribution in [0.5, 0.6) is 0 Å². The predicted octanol–water partition coefficient (Wildman–Crippen LogP) is 13.0. The van der Waals surface area contributed by atoms with Crippen LogP contribution in [-0.4, -0.2) is 4.98 Å². The van der Waals surface area contributed by atoms with Crippen molar-refractivity contribution in [2.24, 2.45) is 0 Å². The number of nitrogens with zero attached hydrogens (tertiary/aromatic N) is 1. The molecule has 0 aliphatic rings. The van der Waals surface area contributed by atoms with Crippen LogP contribution in [0.2, 0.25) is 0 Å². The Bertz CT molecular complexity index is 2900. The molecular formula is C47H29N. The quantitative estimate of drug-likeness (QED) is 0.144. The van der Waals surface area contributed by atoms with Crippen molar-refractivity contribution in [2.75, 3.05) is 0 Å². The lowest BCUT2D eigenvalue weighted by molar-refractivity contribution is 1.43. The second-order valence-corrected chi connectivity index (χ2v) is 12.7. The lowest BCUT2D eigenvalue weighted by Gasteiger charge is -2.19. The minimum Gasteiger partial charge on any atom is -0.256 e. The molecule has 0 atom stereocenters. The van der Waals surface area contributed by atoms with Gasteiger partial charge in [-0.3, -0.25) is 4.98 Å². The maximum atomic E-state index is 4.77. The summed E-state index contributed by atoms with van der Waals surface area (Å²) < 4.78 is 0. The van der Waals surface area contributed by atoms with Crippen LogP contribution in [0.4, 0.5) is 0 Å². The molecule has 1 aromatic heterocycles. The first-order chi connectivity index (χ1) is 23.8. The van der Waals surface area contributed by atoms with Gasteiger partial charge in [0.2, 0.25) is 0 Å². The summed E-state index contributed by atoms with van der Waals surface area (Å²) in [6.07, 6.45) is 1.89. The summed E-state index contributed by atoms with van der Waals surface area (Å²) in [5, 5.41) is 13.6. The summed E-state index contributed by atoms with van der Waals surface area (Å²) in [4.78, 5) is 4.77. The van der Waals surface area contributed by atoms with Crippen molar-refractivity contribution < 1.29 is 0 Å². The summed E-state index contributed by atoms with van der Waals surface area (Å²) >= 11 is 0. The molecule has 222 valence electrons. The van der Waals surface area contributed by atoms with E-state index in [0.717, 1.165) is 10.9 Å². The zero-order valence-corrected chi connectivity index (χ0v) is 26.2. The van der Waals surface area contributed by atoms with Crippen LogP contribution in [0.3, 0.4) is 0 Å². The summed E-state index contributed by atoms with van der Waals surface area (Å²) in [6.45, 7) is 0. The highest BCUT2D eigenvalue weighted by molar-refractivity contribution is 6.23. The Morgan fingerprint density at radius 3 is 1.52 bits per heavy atom. The Kier molecular flexibility index (Phi) is 5.94. The van der Waals surface area contributed by atoms with E-state index in [1.165, 1.54) is 87.2 Å². The molecule has 0 N–H and O–H groups in total. The second kappa shape index (κ2) is 10.6. The fourth-order valence-electron chi connectivity index (χ4n) is 7.81. The third-order valence-corrected chi connectivity index (χ3v) is 10.0. The van der Waals surface area contributed by atoms with E-state index in [4.69, 9.17) is 4.98 Å². The molecule has 0 radical (unpaired) electrons. The van der Waals surface area contributed by atoms with Gasteiger partial charge in [-0.1, -0.05) is 146 Å². The molecule has 0 aliphatic heterocycles. The van der Waals surface area contributed by atoms with E-state index in [0.29, 0.717) is 0 Å². The monoisotopic (exact) mass is 607 g/mol. The summed E-state index contributed by atoms with van der Waals surface area (Å²) in [7, 11) is 0. The SMILES string of the molecule is c1ccc2cc(-c3c4ccccc4c(-c4ccc5ccccc5c4)c4cc(-c5cccc6c5ccc5cccnc56)ccc34)ccc2c1. The molecule has 0 amide bonds. The van der Waals surface area contributed by atoms with Gasteiger partial charge in [0.05, 0.1) is 5.52 Å². The molecule has 1 nitrogen and oxygen atoms in total. The van der Waals surface area contributed by atoms with Crippen molar-refractivity contribution in [1.29, 1.82) is 0 Å². The van der Waals surface area contributed by atoms with Gasteiger partial charge in [0.1, 0.15) is 0 Å². The van der Waals surface area contributed by atoms with Crippen LogP contribution >= 0.6 is 0 Å². The van der Waals surface area contributed by atoms with Gasteiger partial charge in [-0.2, -0.15) is 0 Å². The van der Waals surface area contributed by atoms with Gasteiger partial charge in [0, 0.05) is 17.0 Å². The molecule has 1 heterocycles. The molecule has 10 rings (SSSR count). The number of aromatic nitrogens is 1. The number of hydrogen-bond acceptors (Lipinski definition) is 1. The standard InChI is InChI=1S/C47H29N/c1-3-11-33-27-36(20-18-30(33)9-1)45-40-14-5-6-15-41(40)46(37-21-19-31-10-2-4-12-34(31)28-37)44-29-35(23-25-42(44)45)38-16-7-17-43-39(38)24-22-32-13-8-26-48-47(32)43/h1-29H. The molecule has 0 saturated carbocycles. The van der Waals surface area contributed by atoms with Crippen LogP contribution in [0, 0.1) is 0 Å². The average Bonchev–Trinajstić information content (AvgIpc) is 3.16. The average molecular weight is 608 g/mol. The van der Waals surface area contributed by atoms with Gasteiger partial charge in [0.25, 0.3) is 0 Å². The van der Waals surface area contributed by atoms with Crippen molar-refractivity contribution in [3.63, 3.8) is 0 Å². The number of hydrogen-bond donors (Lipinski definition) is 0. The van der Waals surface area contributed by atoms with Crippen LogP contribution in [0.1, 0.15) is 0 Å². The van der Waals surface area contributed by atoms with E-state index < -0.39 is 0 Å². The Morgan fingerprint density at radius 1 is 0.292 bits per heavy atom. The van der Waals surface area contributed by atoms with Crippen LogP contribution < -0.4 is 0 Å². The lowest BCUT2D eigenvalue weighted by atomic mass is 9.84. The Hall–Kier alpha value is -6.31. The van der Waals surface area contributed by atoms with E-state index in [2.05, 4.69) is 164 Å². The first-order valence-corrected chi connectivity index (χ1v) is 16.5. The fraction of sp³-hybridized carbons (Fsp3) is 0. The highest BCUT2D eigenvalue weighted by Crippen LogP contribution is 2.46. The number of fused-ring (bicyclic) bond motifs is 7. The molecule has 10 aromatic rings. The van der Waals surface area contributed by atoms with Crippen molar-refractivity contribution in [3.05, 3.63) is 176 Å². The van der Waals surface area contributed by atoms with Gasteiger partial charge < -0.3 is 0 Å². The minimum absolute atomic E-state index is 1.04.